The van der Waals surface area contributed by atoms with E-state index in [2.05, 4.69) is 10.6 Å². The average Bonchev–Trinajstić information content (AvgIpc) is 2.59. The summed E-state index contributed by atoms with van der Waals surface area (Å²) in [7, 11) is 0. The van der Waals surface area contributed by atoms with Crippen LogP contribution in [0.5, 0.6) is 0 Å². The smallest absolute Gasteiger partial charge is 0.0480 e. The molecule has 2 saturated heterocycles. The standard InChI is InChI=1S/C9H18N2O/c1-4-10-7-9(1)11-8-2-5-12-6-3-8/h8-11H,1-7H2/t9-/m1/s1. The van der Waals surface area contributed by atoms with Gasteiger partial charge in [0.1, 0.15) is 0 Å². The van der Waals surface area contributed by atoms with Gasteiger partial charge in [0, 0.05) is 31.8 Å². The second-order valence-electron chi connectivity index (χ2n) is 3.74. The van der Waals surface area contributed by atoms with Crippen LogP contribution >= 0.6 is 0 Å². The molecule has 0 saturated carbocycles. The third kappa shape index (κ3) is 2.19. The molecule has 3 nitrogen and oxygen atoms in total. The Balaban J connectivity index is 1.69. The summed E-state index contributed by atoms with van der Waals surface area (Å²) >= 11 is 0. The van der Waals surface area contributed by atoms with Gasteiger partial charge in [0.05, 0.1) is 0 Å². The predicted molar refractivity (Wildman–Crippen MR) is 48.3 cm³/mol. The zero-order chi connectivity index (χ0) is 8.23. The van der Waals surface area contributed by atoms with E-state index < -0.39 is 0 Å². The molecule has 0 amide bonds. The minimum atomic E-state index is 0.712. The SMILES string of the molecule is C1C[C@@H](NC2CCOCC2)CN1. The molecule has 2 N–H and O–H groups in total. The molecule has 2 rings (SSSR count). The number of ether oxygens (including phenoxy) is 1. The third-order valence-electron chi connectivity index (χ3n) is 2.75. The summed E-state index contributed by atoms with van der Waals surface area (Å²) in [5.41, 5.74) is 0. The van der Waals surface area contributed by atoms with Crippen LogP contribution in [0.2, 0.25) is 0 Å². The highest BCUT2D eigenvalue weighted by molar-refractivity contribution is 4.82. The van der Waals surface area contributed by atoms with Crippen molar-refractivity contribution in [1.29, 1.82) is 0 Å². The molecule has 0 aromatic rings. The summed E-state index contributed by atoms with van der Waals surface area (Å²) < 4.78 is 5.31. The van der Waals surface area contributed by atoms with Gasteiger partial charge in [-0.25, -0.2) is 0 Å². The van der Waals surface area contributed by atoms with Crippen molar-refractivity contribution in [2.75, 3.05) is 26.3 Å². The Hall–Kier alpha value is -0.120. The highest BCUT2D eigenvalue weighted by Crippen LogP contribution is 2.09. The molecule has 2 aliphatic heterocycles. The van der Waals surface area contributed by atoms with Crippen LogP contribution in [-0.4, -0.2) is 38.4 Å². The summed E-state index contributed by atoms with van der Waals surface area (Å²) in [5, 5.41) is 7.04. The van der Waals surface area contributed by atoms with Crippen molar-refractivity contribution in [1.82, 2.24) is 10.6 Å². The van der Waals surface area contributed by atoms with Crippen molar-refractivity contribution < 1.29 is 4.74 Å². The largest absolute Gasteiger partial charge is 0.381 e. The maximum atomic E-state index is 5.31. The van der Waals surface area contributed by atoms with Gasteiger partial charge in [-0.15, -0.1) is 0 Å². The second kappa shape index (κ2) is 4.21. The Morgan fingerprint density at radius 3 is 2.58 bits per heavy atom. The second-order valence-corrected chi connectivity index (χ2v) is 3.74. The highest BCUT2D eigenvalue weighted by Gasteiger charge is 2.20. The molecule has 0 aromatic heterocycles. The number of hydrogen-bond donors (Lipinski definition) is 2. The Bertz CT molecular complexity index is 128. The first kappa shape index (κ1) is 8.48. The van der Waals surface area contributed by atoms with Crippen molar-refractivity contribution in [2.45, 2.75) is 31.3 Å². The van der Waals surface area contributed by atoms with Gasteiger partial charge < -0.3 is 15.4 Å². The van der Waals surface area contributed by atoms with Gasteiger partial charge in [0.15, 0.2) is 0 Å². The minimum Gasteiger partial charge on any atom is -0.381 e. The van der Waals surface area contributed by atoms with E-state index >= 15 is 0 Å². The van der Waals surface area contributed by atoms with Crippen molar-refractivity contribution >= 4 is 0 Å². The summed E-state index contributed by atoms with van der Waals surface area (Å²) in [6, 6.07) is 1.43. The number of rotatable bonds is 2. The summed E-state index contributed by atoms with van der Waals surface area (Å²) in [6.45, 7) is 4.22. The van der Waals surface area contributed by atoms with Gasteiger partial charge in [-0.05, 0) is 25.8 Å². The molecule has 0 spiro atoms. The van der Waals surface area contributed by atoms with Gasteiger partial charge in [0.25, 0.3) is 0 Å². The molecule has 70 valence electrons. The topological polar surface area (TPSA) is 33.3 Å². The number of hydrogen-bond acceptors (Lipinski definition) is 3. The zero-order valence-electron chi connectivity index (χ0n) is 7.51. The van der Waals surface area contributed by atoms with Gasteiger partial charge in [0.2, 0.25) is 0 Å². The summed E-state index contributed by atoms with van der Waals surface area (Å²) in [5.74, 6) is 0. The van der Waals surface area contributed by atoms with Crippen LogP contribution in [0.4, 0.5) is 0 Å². The van der Waals surface area contributed by atoms with E-state index in [1.165, 1.54) is 25.8 Å². The van der Waals surface area contributed by atoms with E-state index in [0.29, 0.717) is 12.1 Å². The fraction of sp³-hybridized carbons (Fsp3) is 1.00. The van der Waals surface area contributed by atoms with Crippen LogP contribution in [0.15, 0.2) is 0 Å². The monoisotopic (exact) mass is 170 g/mol. The molecule has 1 atom stereocenters. The predicted octanol–water partition coefficient (Wildman–Crippen LogP) is 0.117. The number of nitrogens with one attached hydrogen (secondary N) is 2. The first-order valence-corrected chi connectivity index (χ1v) is 4.99. The molecule has 2 heterocycles. The molecule has 2 fully saturated rings. The molecule has 12 heavy (non-hydrogen) atoms. The van der Waals surface area contributed by atoms with E-state index in [0.717, 1.165) is 19.8 Å². The average molecular weight is 170 g/mol. The molecule has 2 aliphatic rings. The molecular weight excluding hydrogens is 152 g/mol. The quantitative estimate of drug-likeness (QED) is 0.617. The van der Waals surface area contributed by atoms with Gasteiger partial charge >= 0.3 is 0 Å². The van der Waals surface area contributed by atoms with E-state index in [1.807, 2.05) is 0 Å². The zero-order valence-corrected chi connectivity index (χ0v) is 7.51. The first-order chi connectivity index (χ1) is 5.95. The third-order valence-corrected chi connectivity index (χ3v) is 2.75. The molecule has 3 heteroatoms. The van der Waals surface area contributed by atoms with Crippen LogP contribution < -0.4 is 10.6 Å². The lowest BCUT2D eigenvalue weighted by Gasteiger charge is -2.26. The van der Waals surface area contributed by atoms with E-state index in [1.54, 1.807) is 0 Å². The van der Waals surface area contributed by atoms with Gasteiger partial charge in [-0.1, -0.05) is 0 Å². The van der Waals surface area contributed by atoms with Crippen molar-refractivity contribution in [3.63, 3.8) is 0 Å². The fourth-order valence-corrected chi connectivity index (χ4v) is 1.99. The maximum absolute atomic E-state index is 5.31. The Morgan fingerprint density at radius 2 is 1.92 bits per heavy atom. The van der Waals surface area contributed by atoms with E-state index in [-0.39, 0.29) is 0 Å². The fourth-order valence-electron chi connectivity index (χ4n) is 1.99. The van der Waals surface area contributed by atoms with Gasteiger partial charge in [-0.2, -0.15) is 0 Å². The van der Waals surface area contributed by atoms with E-state index in [4.69, 9.17) is 4.74 Å². The molecule has 0 unspecified atom stereocenters. The van der Waals surface area contributed by atoms with Crippen molar-refractivity contribution in [3.05, 3.63) is 0 Å². The van der Waals surface area contributed by atoms with Crippen molar-refractivity contribution in [2.24, 2.45) is 0 Å². The molecule has 0 aliphatic carbocycles. The lowest BCUT2D eigenvalue weighted by Crippen LogP contribution is -2.42. The lowest BCUT2D eigenvalue weighted by molar-refractivity contribution is 0.0755. The summed E-state index contributed by atoms with van der Waals surface area (Å²) in [6.07, 6.45) is 3.67. The van der Waals surface area contributed by atoms with Crippen molar-refractivity contribution in [3.8, 4) is 0 Å². The normalized spacial score (nSPS) is 32.5. The van der Waals surface area contributed by atoms with E-state index in [9.17, 15) is 0 Å². The molecule has 0 aromatic carbocycles. The lowest BCUT2D eigenvalue weighted by atomic mass is 10.1. The molecule has 0 bridgehead atoms. The van der Waals surface area contributed by atoms with Crippen LogP contribution in [0.3, 0.4) is 0 Å². The van der Waals surface area contributed by atoms with Crippen LogP contribution in [0.1, 0.15) is 19.3 Å². The molecular formula is C9H18N2O. The van der Waals surface area contributed by atoms with Gasteiger partial charge in [-0.3, -0.25) is 0 Å². The molecule has 0 radical (unpaired) electrons. The Kier molecular flexibility index (Phi) is 2.98. The van der Waals surface area contributed by atoms with Crippen LogP contribution in [0, 0.1) is 0 Å². The first-order valence-electron chi connectivity index (χ1n) is 4.99. The summed E-state index contributed by atoms with van der Waals surface area (Å²) in [4.78, 5) is 0. The minimum absolute atomic E-state index is 0.712. The highest BCUT2D eigenvalue weighted by atomic mass is 16.5. The maximum Gasteiger partial charge on any atom is 0.0480 e. The Morgan fingerprint density at radius 1 is 1.08 bits per heavy atom. The van der Waals surface area contributed by atoms with Crippen LogP contribution in [-0.2, 0) is 4.74 Å². The van der Waals surface area contributed by atoms with Crippen LogP contribution in [0.25, 0.3) is 0 Å². The Labute approximate surface area is 73.9 Å².